The third-order valence-electron chi connectivity index (χ3n) is 6.40. The molecule has 156 valence electrons. The molecule has 2 saturated heterocycles. The molecule has 0 saturated carbocycles. The molecule has 2 aromatic carbocycles. The minimum absolute atomic E-state index is 0.555. The number of ether oxygens (including phenoxy) is 1. The number of hydrogen-bond acceptors (Lipinski definition) is 4. The fourth-order valence-electron chi connectivity index (χ4n) is 4.81. The Balaban J connectivity index is 1.39. The van der Waals surface area contributed by atoms with Crippen LogP contribution in [0, 0.1) is 0 Å². The molecule has 2 fully saturated rings. The van der Waals surface area contributed by atoms with Crippen molar-refractivity contribution < 1.29 is 4.74 Å². The van der Waals surface area contributed by atoms with Crippen molar-refractivity contribution in [3.63, 3.8) is 0 Å². The Labute approximate surface area is 176 Å². The number of rotatable bonds is 6. The van der Waals surface area contributed by atoms with E-state index in [1.54, 1.807) is 0 Å². The summed E-state index contributed by atoms with van der Waals surface area (Å²) in [5, 5.41) is 0. The van der Waals surface area contributed by atoms with Gasteiger partial charge in [-0.05, 0) is 30.5 Å². The van der Waals surface area contributed by atoms with Gasteiger partial charge in [-0.2, -0.15) is 0 Å². The molecule has 2 heterocycles. The van der Waals surface area contributed by atoms with Gasteiger partial charge in [-0.1, -0.05) is 54.6 Å². The Hall–Kier alpha value is -1.72. The highest BCUT2D eigenvalue weighted by Gasteiger charge is 2.29. The fraction of sp³-hybridized carbons (Fsp3) is 0.520. The molecule has 2 aromatic rings. The van der Waals surface area contributed by atoms with Crippen molar-refractivity contribution in [2.24, 2.45) is 0 Å². The minimum Gasteiger partial charge on any atom is -0.379 e. The van der Waals surface area contributed by atoms with E-state index in [0.717, 1.165) is 59.0 Å². The summed E-state index contributed by atoms with van der Waals surface area (Å²) in [5.41, 5.74) is 4.37. The number of nitrogens with zero attached hydrogens (tertiary/aromatic N) is 3. The van der Waals surface area contributed by atoms with E-state index in [4.69, 9.17) is 4.74 Å². The Morgan fingerprint density at radius 2 is 1.31 bits per heavy atom. The number of benzene rings is 2. The lowest BCUT2D eigenvalue weighted by Crippen LogP contribution is -2.55. The normalized spacial score (nSPS) is 24.6. The average molecular weight is 394 g/mol. The molecule has 0 radical (unpaired) electrons. The van der Waals surface area contributed by atoms with E-state index in [0.29, 0.717) is 12.1 Å². The van der Waals surface area contributed by atoms with Crippen LogP contribution in [0.2, 0.25) is 0 Å². The molecule has 4 rings (SSSR count). The van der Waals surface area contributed by atoms with Gasteiger partial charge in [-0.15, -0.1) is 0 Å². The maximum Gasteiger partial charge on any atom is 0.0594 e. The summed E-state index contributed by atoms with van der Waals surface area (Å²) in [6.07, 6.45) is 0. The SMILES string of the molecule is C[C@@H]1CN(Cc2ccccc2)C[C@H](C)N1Cc1ccccc1CN1CCOCC1. The van der Waals surface area contributed by atoms with Crippen molar-refractivity contribution in [2.45, 2.75) is 45.6 Å². The average Bonchev–Trinajstić information content (AvgIpc) is 2.73. The monoisotopic (exact) mass is 393 g/mol. The van der Waals surface area contributed by atoms with Gasteiger partial charge in [0.15, 0.2) is 0 Å². The van der Waals surface area contributed by atoms with Gasteiger partial charge in [0.05, 0.1) is 13.2 Å². The van der Waals surface area contributed by atoms with E-state index < -0.39 is 0 Å². The first-order valence-electron chi connectivity index (χ1n) is 11.1. The second-order valence-electron chi connectivity index (χ2n) is 8.71. The van der Waals surface area contributed by atoms with Crippen LogP contribution in [0.15, 0.2) is 54.6 Å². The minimum atomic E-state index is 0.555. The zero-order valence-corrected chi connectivity index (χ0v) is 18.0. The van der Waals surface area contributed by atoms with Crippen molar-refractivity contribution in [1.82, 2.24) is 14.7 Å². The van der Waals surface area contributed by atoms with Crippen molar-refractivity contribution in [1.29, 1.82) is 0 Å². The standard InChI is InChI=1S/C25H35N3O/c1-21-16-27(18-23-8-4-3-5-9-23)17-22(2)28(21)20-25-11-7-6-10-24(25)19-26-12-14-29-15-13-26/h3-11,21-22H,12-20H2,1-2H3/t21-,22+. The fourth-order valence-corrected chi connectivity index (χ4v) is 4.81. The van der Waals surface area contributed by atoms with Crippen LogP contribution < -0.4 is 0 Å². The van der Waals surface area contributed by atoms with E-state index in [2.05, 4.69) is 83.1 Å². The summed E-state index contributed by atoms with van der Waals surface area (Å²) in [6, 6.07) is 21.0. The van der Waals surface area contributed by atoms with Gasteiger partial charge in [0, 0.05) is 57.9 Å². The Bertz CT molecular complexity index is 748. The smallest absolute Gasteiger partial charge is 0.0594 e. The number of morpholine rings is 1. The van der Waals surface area contributed by atoms with Crippen molar-refractivity contribution >= 4 is 0 Å². The molecule has 2 aliphatic heterocycles. The van der Waals surface area contributed by atoms with Crippen molar-refractivity contribution in [2.75, 3.05) is 39.4 Å². The molecule has 2 atom stereocenters. The molecule has 0 bridgehead atoms. The van der Waals surface area contributed by atoms with Gasteiger partial charge in [-0.3, -0.25) is 14.7 Å². The third kappa shape index (κ3) is 5.46. The van der Waals surface area contributed by atoms with E-state index >= 15 is 0 Å². The molecule has 0 spiro atoms. The Morgan fingerprint density at radius 3 is 1.97 bits per heavy atom. The van der Waals surface area contributed by atoms with Crippen LogP contribution in [0.5, 0.6) is 0 Å². The molecule has 4 nitrogen and oxygen atoms in total. The van der Waals surface area contributed by atoms with Gasteiger partial charge in [0.1, 0.15) is 0 Å². The number of hydrogen-bond donors (Lipinski definition) is 0. The molecule has 0 aliphatic carbocycles. The van der Waals surface area contributed by atoms with Crippen LogP contribution in [0.25, 0.3) is 0 Å². The van der Waals surface area contributed by atoms with Gasteiger partial charge in [0.2, 0.25) is 0 Å². The highest BCUT2D eigenvalue weighted by Crippen LogP contribution is 2.23. The molecule has 29 heavy (non-hydrogen) atoms. The molecule has 0 aromatic heterocycles. The molecular weight excluding hydrogens is 358 g/mol. The van der Waals surface area contributed by atoms with Crippen LogP contribution in [-0.4, -0.2) is 66.2 Å². The van der Waals surface area contributed by atoms with Gasteiger partial charge in [0.25, 0.3) is 0 Å². The highest BCUT2D eigenvalue weighted by molar-refractivity contribution is 5.27. The molecule has 2 aliphatic rings. The van der Waals surface area contributed by atoms with Crippen molar-refractivity contribution in [3.05, 3.63) is 71.3 Å². The lowest BCUT2D eigenvalue weighted by atomic mass is 10.0. The van der Waals surface area contributed by atoms with Crippen LogP contribution in [0.1, 0.15) is 30.5 Å². The molecule has 0 unspecified atom stereocenters. The van der Waals surface area contributed by atoms with E-state index in [1.165, 1.54) is 16.7 Å². The predicted molar refractivity (Wildman–Crippen MR) is 119 cm³/mol. The third-order valence-corrected chi connectivity index (χ3v) is 6.40. The maximum atomic E-state index is 5.52. The Morgan fingerprint density at radius 1 is 0.724 bits per heavy atom. The van der Waals surface area contributed by atoms with E-state index in [1.807, 2.05) is 0 Å². The largest absolute Gasteiger partial charge is 0.379 e. The van der Waals surface area contributed by atoms with Crippen LogP contribution in [0.3, 0.4) is 0 Å². The summed E-state index contributed by atoms with van der Waals surface area (Å²) in [6.45, 7) is 14.0. The number of piperazine rings is 1. The summed E-state index contributed by atoms with van der Waals surface area (Å²) in [4.78, 5) is 7.83. The van der Waals surface area contributed by atoms with Crippen LogP contribution in [0.4, 0.5) is 0 Å². The van der Waals surface area contributed by atoms with Gasteiger partial charge < -0.3 is 4.74 Å². The Kier molecular flexibility index (Phi) is 6.98. The zero-order chi connectivity index (χ0) is 20.1. The maximum absolute atomic E-state index is 5.52. The highest BCUT2D eigenvalue weighted by atomic mass is 16.5. The first-order chi connectivity index (χ1) is 14.2. The zero-order valence-electron chi connectivity index (χ0n) is 18.0. The first-order valence-corrected chi connectivity index (χ1v) is 11.1. The summed E-state index contributed by atoms with van der Waals surface area (Å²) >= 11 is 0. The lowest BCUT2D eigenvalue weighted by molar-refractivity contribution is 0.0268. The summed E-state index contributed by atoms with van der Waals surface area (Å²) in [7, 11) is 0. The summed E-state index contributed by atoms with van der Waals surface area (Å²) < 4.78 is 5.52. The molecule has 4 heteroatoms. The molecule has 0 amide bonds. The van der Waals surface area contributed by atoms with Crippen LogP contribution in [-0.2, 0) is 24.4 Å². The molecule has 0 N–H and O–H groups in total. The van der Waals surface area contributed by atoms with E-state index in [9.17, 15) is 0 Å². The van der Waals surface area contributed by atoms with E-state index in [-0.39, 0.29) is 0 Å². The first kappa shape index (κ1) is 20.5. The molecular formula is C25H35N3O. The van der Waals surface area contributed by atoms with Crippen molar-refractivity contribution in [3.8, 4) is 0 Å². The predicted octanol–water partition coefficient (Wildman–Crippen LogP) is 3.61. The summed E-state index contributed by atoms with van der Waals surface area (Å²) in [5.74, 6) is 0. The second kappa shape index (κ2) is 9.86. The van der Waals surface area contributed by atoms with Crippen LogP contribution >= 0.6 is 0 Å². The quantitative estimate of drug-likeness (QED) is 0.746. The van der Waals surface area contributed by atoms with Gasteiger partial charge >= 0.3 is 0 Å². The lowest BCUT2D eigenvalue weighted by Gasteiger charge is -2.45. The van der Waals surface area contributed by atoms with Gasteiger partial charge in [-0.25, -0.2) is 0 Å². The topological polar surface area (TPSA) is 19.0 Å². The second-order valence-corrected chi connectivity index (χ2v) is 8.71.